The van der Waals surface area contributed by atoms with Crippen LogP contribution in [0.25, 0.3) is 15.9 Å². The van der Waals surface area contributed by atoms with Crippen molar-refractivity contribution in [2.75, 3.05) is 86.0 Å². The van der Waals surface area contributed by atoms with Gasteiger partial charge in [0.25, 0.3) is 11.8 Å². The van der Waals surface area contributed by atoms with Crippen LogP contribution < -0.4 is 21.3 Å². The van der Waals surface area contributed by atoms with Gasteiger partial charge in [0.1, 0.15) is 28.6 Å². The molecule has 5 heterocycles. The number of thiophene rings is 1. The monoisotopic (exact) mass is 1100 g/mol. The second-order valence-corrected chi connectivity index (χ2v) is 21.3. The van der Waals surface area contributed by atoms with Gasteiger partial charge in [0.2, 0.25) is 17.7 Å². The third kappa shape index (κ3) is 13.1. The number of piperazine rings is 1. The zero-order valence-corrected chi connectivity index (χ0v) is 46.0. The second kappa shape index (κ2) is 26.0. The molecule has 19 nitrogen and oxygen atoms in total. The number of nitrogens with one attached hydrogen (secondary N) is 4. The van der Waals surface area contributed by atoms with Gasteiger partial charge < -0.3 is 49.8 Å². The lowest BCUT2D eigenvalue weighted by atomic mass is 9.83. The Hall–Kier alpha value is -6.17. The average Bonchev–Trinajstić information content (AvgIpc) is 4.02. The van der Waals surface area contributed by atoms with Gasteiger partial charge in [0.15, 0.2) is 17.5 Å². The van der Waals surface area contributed by atoms with Gasteiger partial charge in [0, 0.05) is 78.8 Å². The first kappa shape index (κ1) is 57.0. The van der Waals surface area contributed by atoms with E-state index >= 15 is 0 Å². The lowest BCUT2D eigenvalue weighted by Gasteiger charge is -2.39. The summed E-state index contributed by atoms with van der Waals surface area (Å²) < 4.78 is 49.7. The first-order chi connectivity index (χ1) is 37.1. The van der Waals surface area contributed by atoms with E-state index in [2.05, 4.69) is 45.3 Å². The van der Waals surface area contributed by atoms with Gasteiger partial charge >= 0.3 is 0 Å². The van der Waals surface area contributed by atoms with Crippen LogP contribution in [0.1, 0.15) is 106 Å². The molecule has 3 aliphatic rings. The van der Waals surface area contributed by atoms with Gasteiger partial charge in [-0.3, -0.25) is 33.5 Å². The summed E-state index contributed by atoms with van der Waals surface area (Å²) in [7, 11) is 3.20. The number of halogens is 3. The van der Waals surface area contributed by atoms with E-state index in [0.717, 1.165) is 76.5 Å². The number of amides is 5. The molecule has 0 radical (unpaired) electrons. The first-order valence-corrected chi connectivity index (χ1v) is 27.4. The number of aryl methyl sites for hydroxylation is 3. The van der Waals surface area contributed by atoms with Crippen LogP contribution in [-0.4, -0.2) is 162 Å². The minimum Gasteiger partial charge on any atom is -0.377 e. The maximum Gasteiger partial charge on any atom is 0.271 e. The Morgan fingerprint density at radius 1 is 0.831 bits per heavy atom. The van der Waals surface area contributed by atoms with Crippen LogP contribution in [0.4, 0.5) is 8.78 Å². The number of carbonyl (C=O) groups is 5. The molecular weight excluding hydrogens is 1040 g/mol. The summed E-state index contributed by atoms with van der Waals surface area (Å²) in [6, 6.07) is 7.62. The molecule has 414 valence electrons. The molecular formula is C54H68ClF2N11O8S. The Kier molecular flexibility index (Phi) is 19.2. The van der Waals surface area contributed by atoms with E-state index in [4.69, 9.17) is 30.8 Å². The summed E-state index contributed by atoms with van der Waals surface area (Å²) in [5.74, 6) is -2.86. The molecule has 1 saturated heterocycles. The van der Waals surface area contributed by atoms with E-state index in [-0.39, 0.29) is 131 Å². The molecule has 5 amide bonds. The zero-order valence-electron chi connectivity index (χ0n) is 44.4. The van der Waals surface area contributed by atoms with Crippen molar-refractivity contribution in [2.24, 2.45) is 18.0 Å². The van der Waals surface area contributed by atoms with Crippen molar-refractivity contribution in [2.45, 2.75) is 84.3 Å². The largest absolute Gasteiger partial charge is 0.377 e. The van der Waals surface area contributed by atoms with Crippen molar-refractivity contribution in [1.29, 1.82) is 0 Å². The summed E-state index contributed by atoms with van der Waals surface area (Å²) in [5.41, 5.74) is 3.74. The van der Waals surface area contributed by atoms with Gasteiger partial charge in [-0.15, -0.1) is 21.5 Å². The normalized spacial score (nSPS) is 16.6. The fourth-order valence-corrected chi connectivity index (χ4v) is 11.5. The Bertz CT molecular complexity index is 2980. The lowest BCUT2D eigenvalue weighted by Crippen LogP contribution is -2.59. The minimum atomic E-state index is -1.17. The molecule has 2 aliphatic heterocycles. The minimum absolute atomic E-state index is 0.00545. The third-order valence-corrected chi connectivity index (χ3v) is 16.1. The Morgan fingerprint density at radius 3 is 2.12 bits per heavy atom. The van der Waals surface area contributed by atoms with Crippen LogP contribution >= 0.6 is 22.9 Å². The van der Waals surface area contributed by atoms with Crippen LogP contribution in [0, 0.1) is 38.3 Å². The molecule has 2 unspecified atom stereocenters. The van der Waals surface area contributed by atoms with Crippen molar-refractivity contribution in [3.8, 4) is 5.00 Å². The number of hydrogen-bond acceptors (Lipinski definition) is 13. The summed E-state index contributed by atoms with van der Waals surface area (Å²) in [6.45, 7) is 10.1. The maximum absolute atomic E-state index is 14.7. The molecule has 1 saturated carbocycles. The molecule has 1 aliphatic carbocycles. The predicted molar refractivity (Wildman–Crippen MR) is 288 cm³/mol. The van der Waals surface area contributed by atoms with E-state index in [1.54, 1.807) is 30.2 Å². The van der Waals surface area contributed by atoms with Gasteiger partial charge in [-0.1, -0.05) is 43.0 Å². The van der Waals surface area contributed by atoms with Crippen LogP contribution in [-0.2, 0) is 35.6 Å². The Labute approximate surface area is 455 Å². The van der Waals surface area contributed by atoms with E-state index in [1.807, 2.05) is 35.8 Å². The molecule has 4 N–H and O–H groups in total. The van der Waals surface area contributed by atoms with Crippen LogP contribution in [0.15, 0.2) is 41.4 Å². The first-order valence-electron chi connectivity index (χ1n) is 26.2. The molecule has 5 aromatic rings. The molecule has 23 heteroatoms. The highest BCUT2D eigenvalue weighted by Crippen LogP contribution is 2.40. The molecule has 3 atom stereocenters. The molecule has 8 rings (SSSR count). The van der Waals surface area contributed by atoms with E-state index < -0.39 is 41.6 Å². The number of hydrogen-bond donors (Lipinski definition) is 4. The number of nitrogens with zero attached hydrogens (tertiary/aromatic N) is 7. The molecule has 2 aromatic carbocycles. The van der Waals surface area contributed by atoms with Crippen molar-refractivity contribution >= 4 is 69.1 Å². The highest BCUT2D eigenvalue weighted by atomic mass is 35.5. The fourth-order valence-electron chi connectivity index (χ4n) is 10.2. The zero-order chi connectivity index (χ0) is 54.9. The highest BCUT2D eigenvalue weighted by Gasteiger charge is 2.38. The van der Waals surface area contributed by atoms with E-state index in [0.29, 0.717) is 16.7 Å². The summed E-state index contributed by atoms with van der Waals surface area (Å²) in [5, 5.41) is 22.1. The van der Waals surface area contributed by atoms with E-state index in [9.17, 15) is 32.8 Å². The highest BCUT2D eigenvalue weighted by molar-refractivity contribution is 7.15. The van der Waals surface area contributed by atoms with Gasteiger partial charge in [-0.05, 0) is 77.3 Å². The van der Waals surface area contributed by atoms with Crippen molar-refractivity contribution in [1.82, 2.24) is 50.4 Å². The number of fused-ring (bicyclic) bond motifs is 4. The van der Waals surface area contributed by atoms with Crippen LogP contribution in [0.3, 0.4) is 0 Å². The van der Waals surface area contributed by atoms with Crippen molar-refractivity contribution in [3.63, 3.8) is 0 Å². The fraction of sp³-hybridized carbons (Fsp3) is 0.519. The molecule has 77 heavy (non-hydrogen) atoms. The molecule has 0 spiro atoms. The quantitative estimate of drug-likeness (QED) is 0.0634. The van der Waals surface area contributed by atoms with Crippen LogP contribution in [0.5, 0.6) is 0 Å². The number of rotatable bonds is 22. The van der Waals surface area contributed by atoms with Gasteiger partial charge in [0.05, 0.1) is 68.9 Å². The summed E-state index contributed by atoms with van der Waals surface area (Å²) in [4.78, 5) is 77.9. The Balaban J connectivity index is 0.763. The number of likely N-dealkylation sites (N-methyl/N-ethyl adjacent to an activating group) is 1. The van der Waals surface area contributed by atoms with Crippen molar-refractivity contribution < 1.29 is 47.0 Å². The third-order valence-electron chi connectivity index (χ3n) is 14.6. The number of carbonyl (C=O) groups excluding carboxylic acids is 5. The molecule has 0 bridgehead atoms. The Morgan fingerprint density at radius 2 is 1.45 bits per heavy atom. The summed E-state index contributed by atoms with van der Waals surface area (Å²) >= 11 is 7.88. The number of ether oxygens (including phenoxy) is 3. The van der Waals surface area contributed by atoms with Gasteiger partial charge in [-0.2, -0.15) is 0 Å². The van der Waals surface area contributed by atoms with E-state index in [1.165, 1.54) is 16.5 Å². The van der Waals surface area contributed by atoms with Crippen molar-refractivity contribution in [3.05, 3.63) is 97.5 Å². The average molecular weight is 1100 g/mol. The van der Waals surface area contributed by atoms with Gasteiger partial charge in [-0.25, -0.2) is 8.78 Å². The molecule has 2 fully saturated rings. The van der Waals surface area contributed by atoms with Crippen LogP contribution in [0.2, 0.25) is 5.02 Å². The number of aromatic nitrogens is 4. The second-order valence-electron chi connectivity index (χ2n) is 19.6. The number of aliphatic imine (C=N–C) groups is 1. The topological polar surface area (TPSA) is 216 Å². The predicted octanol–water partition coefficient (Wildman–Crippen LogP) is 5.51. The standard InChI is InChI=1S/C54H68ClF2N11O8S/c1-31-33(3)77-54-44(31)46(36-12-14-37(55)15-13-36)61-41(49-64-63-34(4)68(49)54)30-43(69)59-16-22-74-24-26-76-27-25-75-23-17-60-51(71)45-38-28-39(56)40(57)29-42(38)65(6)48(45)53(73)67-20-18-66(19-21-67)52(72)47(35-10-8-7-9-11-35)62-50(70)32(2)58-5/h12-15,28-29,32,35,41,47,58H,7-11,16-27,30H2,1-6H3,(H,59,69)(H,60,71)(H,62,70)/t32?,41-,47?/m0/s1. The molecule has 3 aromatic heterocycles. The lowest BCUT2D eigenvalue weighted by molar-refractivity contribution is -0.140. The smallest absolute Gasteiger partial charge is 0.271 e. The summed E-state index contributed by atoms with van der Waals surface area (Å²) in [6.07, 6.45) is 4.76. The SMILES string of the molecule is CNC(C)C(=O)NC(C(=O)N1CCN(C(=O)c2c(C(=O)NCCOCCOCCOCCNC(=O)C[C@@H]3N=C(c4ccc(Cl)cc4)c4c(sc(C)c4C)-n4c(C)nnc43)c3cc(F)c(F)cc3n2C)CC1)C1CCCCC1. The maximum atomic E-state index is 14.7. The number of benzene rings is 2.